The van der Waals surface area contributed by atoms with Gasteiger partial charge in [0.05, 0.1) is 35.5 Å². The fourth-order valence-corrected chi connectivity index (χ4v) is 6.36. The van der Waals surface area contributed by atoms with Crippen LogP contribution in [-0.2, 0) is 34.5 Å². The summed E-state index contributed by atoms with van der Waals surface area (Å²) >= 11 is 6.67. The number of nitrogens with one attached hydrogen (secondary N) is 1. The van der Waals surface area contributed by atoms with Gasteiger partial charge in [0, 0.05) is 23.0 Å². The molecule has 42 heavy (non-hydrogen) atoms. The highest BCUT2D eigenvalue weighted by atomic mass is 35.5. The topological polar surface area (TPSA) is 91.0 Å². The zero-order valence-electron chi connectivity index (χ0n) is 23.9. The van der Waals surface area contributed by atoms with Crippen molar-refractivity contribution in [1.82, 2.24) is 24.6 Å². The Bertz CT molecular complexity index is 1810. The first kappa shape index (κ1) is 27.7. The standard InChI is InChI=1S/C33H32ClN5O3/c1-21-9-13-29-27(17-21)25(12-14-31(40)42-3)30-15-16-33(19-38(29)30,23-7-5-4-6-8-23)36-32(41)26-11-10-24(18-28(26)34)39-20-35-22(2)37-39/h4-11,13,17-18,20H,12,14-16,19H2,1-3H3,(H,36,41)/t33-/m1/s1. The molecule has 0 aliphatic carbocycles. The predicted molar refractivity (Wildman–Crippen MR) is 162 cm³/mol. The van der Waals surface area contributed by atoms with Crippen LogP contribution in [0.15, 0.2) is 73.1 Å². The number of hydrogen-bond donors (Lipinski definition) is 1. The zero-order chi connectivity index (χ0) is 29.4. The summed E-state index contributed by atoms with van der Waals surface area (Å²) < 4.78 is 8.88. The van der Waals surface area contributed by atoms with E-state index in [1.165, 1.54) is 18.4 Å². The van der Waals surface area contributed by atoms with Gasteiger partial charge in [0.15, 0.2) is 0 Å². The number of methoxy groups -OCH3 is 1. The van der Waals surface area contributed by atoms with Crippen LogP contribution in [0.4, 0.5) is 0 Å². The van der Waals surface area contributed by atoms with E-state index >= 15 is 0 Å². The summed E-state index contributed by atoms with van der Waals surface area (Å²) in [6, 6.07) is 21.8. The average Bonchev–Trinajstić information content (AvgIpc) is 3.56. The molecule has 0 unspecified atom stereocenters. The van der Waals surface area contributed by atoms with Crippen molar-refractivity contribution in [3.8, 4) is 5.69 Å². The molecule has 5 aromatic rings. The number of carbonyl (C=O) groups excluding carboxylic acids is 2. The molecule has 6 rings (SSSR count). The molecule has 1 aliphatic heterocycles. The Hall–Kier alpha value is -4.43. The number of ether oxygens (including phenoxy) is 1. The first-order valence-electron chi connectivity index (χ1n) is 14.0. The van der Waals surface area contributed by atoms with E-state index in [4.69, 9.17) is 16.3 Å². The number of benzene rings is 3. The van der Waals surface area contributed by atoms with Gasteiger partial charge in [-0.3, -0.25) is 9.59 Å². The van der Waals surface area contributed by atoms with Gasteiger partial charge in [0.25, 0.3) is 5.91 Å². The van der Waals surface area contributed by atoms with Crippen molar-refractivity contribution in [2.45, 2.75) is 51.6 Å². The fraction of sp³-hybridized carbons (Fsp3) is 0.273. The minimum Gasteiger partial charge on any atom is -0.469 e. The molecule has 3 heterocycles. The van der Waals surface area contributed by atoms with Gasteiger partial charge in [-0.25, -0.2) is 9.67 Å². The Morgan fingerprint density at radius 1 is 1.07 bits per heavy atom. The number of rotatable bonds is 7. The summed E-state index contributed by atoms with van der Waals surface area (Å²) in [5.74, 6) is 0.182. The molecule has 1 amide bonds. The quantitative estimate of drug-likeness (QED) is 0.243. The van der Waals surface area contributed by atoms with E-state index < -0.39 is 5.54 Å². The monoisotopic (exact) mass is 581 g/mol. The maximum absolute atomic E-state index is 13.9. The Balaban J connectivity index is 1.38. The van der Waals surface area contributed by atoms with Crippen LogP contribution in [0, 0.1) is 13.8 Å². The number of aromatic nitrogens is 4. The molecule has 0 bridgehead atoms. The molecular formula is C33H32ClN5O3. The number of fused-ring (bicyclic) bond motifs is 3. The van der Waals surface area contributed by atoms with Crippen molar-refractivity contribution >= 4 is 34.4 Å². The summed E-state index contributed by atoms with van der Waals surface area (Å²) in [5, 5.41) is 9.22. The maximum Gasteiger partial charge on any atom is 0.305 e. The lowest BCUT2D eigenvalue weighted by Gasteiger charge is -2.40. The van der Waals surface area contributed by atoms with Gasteiger partial charge < -0.3 is 14.6 Å². The van der Waals surface area contributed by atoms with Crippen molar-refractivity contribution < 1.29 is 14.3 Å². The van der Waals surface area contributed by atoms with E-state index in [1.54, 1.807) is 23.1 Å². The van der Waals surface area contributed by atoms with E-state index in [-0.39, 0.29) is 11.9 Å². The lowest BCUT2D eigenvalue weighted by molar-refractivity contribution is -0.140. The second-order valence-electron chi connectivity index (χ2n) is 10.9. The summed E-state index contributed by atoms with van der Waals surface area (Å²) in [6.45, 7) is 4.44. The van der Waals surface area contributed by atoms with Crippen molar-refractivity contribution in [3.63, 3.8) is 0 Å². The molecule has 1 atom stereocenters. The van der Waals surface area contributed by atoms with E-state index in [0.29, 0.717) is 42.2 Å². The normalized spacial score (nSPS) is 16.3. The van der Waals surface area contributed by atoms with Crippen LogP contribution in [0.3, 0.4) is 0 Å². The van der Waals surface area contributed by atoms with Crippen LogP contribution in [-0.4, -0.2) is 38.3 Å². The number of esters is 1. The lowest BCUT2D eigenvalue weighted by Crippen LogP contribution is -2.51. The van der Waals surface area contributed by atoms with Gasteiger partial charge in [0.1, 0.15) is 12.2 Å². The highest BCUT2D eigenvalue weighted by Gasteiger charge is 2.40. The minimum absolute atomic E-state index is 0.223. The largest absolute Gasteiger partial charge is 0.469 e. The summed E-state index contributed by atoms with van der Waals surface area (Å²) in [5.41, 5.74) is 6.10. The van der Waals surface area contributed by atoms with E-state index in [9.17, 15) is 9.59 Å². The third-order valence-electron chi connectivity index (χ3n) is 8.21. The summed E-state index contributed by atoms with van der Waals surface area (Å²) in [7, 11) is 1.42. The Labute approximate surface area is 249 Å². The summed E-state index contributed by atoms with van der Waals surface area (Å²) in [6.07, 6.45) is 3.97. The average molecular weight is 582 g/mol. The van der Waals surface area contributed by atoms with Gasteiger partial charge >= 0.3 is 5.97 Å². The second kappa shape index (κ2) is 11.1. The third-order valence-corrected chi connectivity index (χ3v) is 8.53. The zero-order valence-corrected chi connectivity index (χ0v) is 24.6. The van der Waals surface area contributed by atoms with Gasteiger partial charge in [0.2, 0.25) is 0 Å². The van der Waals surface area contributed by atoms with Crippen LogP contribution in [0.25, 0.3) is 16.6 Å². The molecule has 1 aliphatic rings. The molecule has 3 aromatic carbocycles. The molecule has 0 radical (unpaired) electrons. The minimum atomic E-state index is -0.674. The molecule has 214 valence electrons. The Morgan fingerprint density at radius 3 is 2.60 bits per heavy atom. The third kappa shape index (κ3) is 5.07. The number of halogens is 1. The molecule has 0 saturated heterocycles. The van der Waals surface area contributed by atoms with Crippen molar-refractivity contribution in [3.05, 3.63) is 112 Å². The van der Waals surface area contributed by atoms with Crippen molar-refractivity contribution in [2.24, 2.45) is 0 Å². The number of amides is 1. The Kier molecular flexibility index (Phi) is 7.33. The first-order valence-corrected chi connectivity index (χ1v) is 14.4. The van der Waals surface area contributed by atoms with Crippen LogP contribution in [0.5, 0.6) is 0 Å². The van der Waals surface area contributed by atoms with Crippen molar-refractivity contribution in [1.29, 1.82) is 0 Å². The molecule has 0 spiro atoms. The fourth-order valence-electron chi connectivity index (χ4n) is 6.10. The van der Waals surface area contributed by atoms with Crippen LogP contribution in [0.2, 0.25) is 5.02 Å². The number of hydrogen-bond acceptors (Lipinski definition) is 5. The molecule has 1 N–H and O–H groups in total. The van der Waals surface area contributed by atoms with Gasteiger partial charge in [-0.2, -0.15) is 5.10 Å². The Morgan fingerprint density at radius 2 is 1.88 bits per heavy atom. The highest BCUT2D eigenvalue weighted by molar-refractivity contribution is 6.34. The van der Waals surface area contributed by atoms with Crippen LogP contribution >= 0.6 is 11.6 Å². The lowest BCUT2D eigenvalue weighted by atomic mass is 9.81. The van der Waals surface area contributed by atoms with E-state index in [0.717, 1.165) is 34.1 Å². The molecular weight excluding hydrogens is 550 g/mol. The summed E-state index contributed by atoms with van der Waals surface area (Å²) in [4.78, 5) is 30.1. The predicted octanol–water partition coefficient (Wildman–Crippen LogP) is 5.87. The molecule has 8 nitrogen and oxygen atoms in total. The van der Waals surface area contributed by atoms with Crippen molar-refractivity contribution in [2.75, 3.05) is 7.11 Å². The molecule has 0 fully saturated rings. The molecule has 2 aromatic heterocycles. The van der Waals surface area contributed by atoms with Crippen LogP contribution < -0.4 is 5.32 Å². The van der Waals surface area contributed by atoms with Crippen LogP contribution in [0.1, 0.15) is 51.4 Å². The molecule has 0 saturated carbocycles. The molecule has 9 heteroatoms. The smallest absolute Gasteiger partial charge is 0.305 e. The number of aryl methyl sites for hydroxylation is 3. The number of carbonyl (C=O) groups is 2. The maximum atomic E-state index is 13.9. The second-order valence-corrected chi connectivity index (χ2v) is 11.3. The van der Waals surface area contributed by atoms with Gasteiger partial charge in [-0.1, -0.05) is 53.6 Å². The van der Waals surface area contributed by atoms with Gasteiger partial charge in [-0.15, -0.1) is 0 Å². The first-order chi connectivity index (χ1) is 20.3. The van der Waals surface area contributed by atoms with E-state index in [2.05, 4.69) is 57.2 Å². The number of nitrogens with zero attached hydrogens (tertiary/aromatic N) is 4. The SMILES string of the molecule is COC(=O)CCc1c2n(c3ccc(C)cc13)C[C@@](NC(=O)c1ccc(-n3cnc(C)n3)cc1Cl)(c1ccccc1)CC2. The van der Waals surface area contributed by atoms with E-state index in [1.807, 2.05) is 31.2 Å². The highest BCUT2D eigenvalue weighted by Crippen LogP contribution is 2.40. The van der Waals surface area contributed by atoms with Gasteiger partial charge in [-0.05, 0) is 74.6 Å².